The van der Waals surface area contributed by atoms with Gasteiger partial charge in [0, 0.05) is 6.54 Å². The molecule has 0 radical (unpaired) electrons. The molecule has 1 heterocycles. The number of aliphatic hydroxyl groups excluding tert-OH is 1. The Morgan fingerprint density at radius 2 is 2.12 bits per heavy atom. The summed E-state index contributed by atoms with van der Waals surface area (Å²) in [4.78, 5) is 11.7. The highest BCUT2D eigenvalue weighted by molar-refractivity contribution is 6.05. The first-order chi connectivity index (χ1) is 7.94. The number of fused-ring (bicyclic) bond motifs is 1. The van der Waals surface area contributed by atoms with Crippen LogP contribution in [0.5, 0.6) is 0 Å². The lowest BCUT2D eigenvalue weighted by Gasteiger charge is -2.33. The monoisotopic (exact) mass is 235 g/mol. The first-order valence-corrected chi connectivity index (χ1v) is 5.56. The van der Waals surface area contributed by atoms with Gasteiger partial charge in [0.05, 0.1) is 17.5 Å². The van der Waals surface area contributed by atoms with Crippen molar-refractivity contribution in [3.05, 3.63) is 23.8 Å². The highest BCUT2D eigenvalue weighted by Crippen LogP contribution is 2.32. The standard InChI is InChI=1S/C12H17N3O2/c1-12(2)11(17)14-8-4-3-7(10(16)6-13)5-9(8)15-12/h3-5,10,15-16H,6,13H2,1-2H3,(H,14,17). The maximum Gasteiger partial charge on any atom is 0.249 e. The highest BCUT2D eigenvalue weighted by Gasteiger charge is 2.32. The van der Waals surface area contributed by atoms with E-state index in [1.807, 2.05) is 6.07 Å². The van der Waals surface area contributed by atoms with Crippen LogP contribution in [0.2, 0.25) is 0 Å². The molecular formula is C12H17N3O2. The smallest absolute Gasteiger partial charge is 0.249 e. The number of hydrogen-bond donors (Lipinski definition) is 4. The van der Waals surface area contributed by atoms with Crippen LogP contribution in [0.4, 0.5) is 11.4 Å². The van der Waals surface area contributed by atoms with Crippen LogP contribution in [-0.2, 0) is 4.79 Å². The summed E-state index contributed by atoms with van der Waals surface area (Å²) < 4.78 is 0. The third-order valence-corrected chi connectivity index (χ3v) is 2.91. The van der Waals surface area contributed by atoms with Crippen molar-refractivity contribution in [2.75, 3.05) is 17.2 Å². The Morgan fingerprint density at radius 1 is 1.41 bits per heavy atom. The average Bonchev–Trinajstić information content (AvgIpc) is 2.28. The zero-order chi connectivity index (χ0) is 12.6. The number of nitrogens with two attached hydrogens (primary N) is 1. The fourth-order valence-corrected chi connectivity index (χ4v) is 1.79. The fourth-order valence-electron chi connectivity index (χ4n) is 1.79. The Kier molecular flexibility index (Phi) is 2.81. The summed E-state index contributed by atoms with van der Waals surface area (Å²) in [6.07, 6.45) is -0.678. The SMILES string of the molecule is CC1(C)Nc2cc(C(O)CN)ccc2NC1=O. The van der Waals surface area contributed by atoms with Crippen LogP contribution < -0.4 is 16.4 Å². The number of amides is 1. The van der Waals surface area contributed by atoms with Crippen LogP contribution in [0.1, 0.15) is 25.5 Å². The molecule has 2 rings (SSSR count). The molecule has 1 unspecified atom stereocenters. The Bertz CT molecular complexity index is 457. The lowest BCUT2D eigenvalue weighted by Crippen LogP contribution is -2.47. The van der Waals surface area contributed by atoms with Gasteiger partial charge in [0.15, 0.2) is 0 Å². The van der Waals surface area contributed by atoms with Crippen LogP contribution in [0.3, 0.4) is 0 Å². The van der Waals surface area contributed by atoms with Crippen LogP contribution in [0, 0.1) is 0 Å². The van der Waals surface area contributed by atoms with Gasteiger partial charge in [0.1, 0.15) is 5.54 Å². The Morgan fingerprint density at radius 3 is 2.76 bits per heavy atom. The number of rotatable bonds is 2. The van der Waals surface area contributed by atoms with E-state index >= 15 is 0 Å². The van der Waals surface area contributed by atoms with Gasteiger partial charge in [0.25, 0.3) is 0 Å². The molecule has 0 saturated carbocycles. The molecule has 17 heavy (non-hydrogen) atoms. The molecule has 5 heteroatoms. The molecule has 1 aromatic carbocycles. The van der Waals surface area contributed by atoms with Crippen molar-refractivity contribution < 1.29 is 9.90 Å². The van der Waals surface area contributed by atoms with Crippen molar-refractivity contribution in [1.82, 2.24) is 0 Å². The third kappa shape index (κ3) is 2.11. The zero-order valence-electron chi connectivity index (χ0n) is 9.95. The summed E-state index contributed by atoms with van der Waals surface area (Å²) in [6.45, 7) is 3.78. The van der Waals surface area contributed by atoms with Crippen molar-refractivity contribution in [1.29, 1.82) is 0 Å². The average molecular weight is 235 g/mol. The van der Waals surface area contributed by atoms with Gasteiger partial charge in [-0.3, -0.25) is 4.79 Å². The largest absolute Gasteiger partial charge is 0.387 e. The van der Waals surface area contributed by atoms with Crippen molar-refractivity contribution in [3.8, 4) is 0 Å². The first-order valence-electron chi connectivity index (χ1n) is 5.56. The first kappa shape index (κ1) is 11.9. The Labute approximate surface area is 100 Å². The van der Waals surface area contributed by atoms with Gasteiger partial charge in [-0.1, -0.05) is 6.07 Å². The van der Waals surface area contributed by atoms with Gasteiger partial charge in [0.2, 0.25) is 5.91 Å². The third-order valence-electron chi connectivity index (χ3n) is 2.91. The van der Waals surface area contributed by atoms with Crippen molar-refractivity contribution in [2.45, 2.75) is 25.5 Å². The molecule has 0 saturated heterocycles. The molecule has 1 aromatic rings. The predicted molar refractivity (Wildman–Crippen MR) is 66.8 cm³/mol. The quantitative estimate of drug-likeness (QED) is 0.611. The zero-order valence-corrected chi connectivity index (χ0v) is 9.95. The molecule has 1 amide bonds. The molecular weight excluding hydrogens is 218 g/mol. The van der Waals surface area contributed by atoms with E-state index in [1.54, 1.807) is 26.0 Å². The van der Waals surface area contributed by atoms with Crippen LogP contribution in [0.15, 0.2) is 18.2 Å². The van der Waals surface area contributed by atoms with E-state index in [1.165, 1.54) is 0 Å². The summed E-state index contributed by atoms with van der Waals surface area (Å²) in [7, 11) is 0. The van der Waals surface area contributed by atoms with Gasteiger partial charge in [-0.15, -0.1) is 0 Å². The number of carbonyl (C=O) groups excluding carboxylic acids is 1. The Balaban J connectivity index is 2.37. The topological polar surface area (TPSA) is 87.4 Å². The van der Waals surface area contributed by atoms with Crippen molar-refractivity contribution in [3.63, 3.8) is 0 Å². The molecule has 1 atom stereocenters. The number of hydrogen-bond acceptors (Lipinski definition) is 4. The molecule has 0 aromatic heterocycles. The van der Waals surface area contributed by atoms with Gasteiger partial charge < -0.3 is 21.5 Å². The minimum absolute atomic E-state index is 0.0721. The van der Waals surface area contributed by atoms with Gasteiger partial charge in [-0.25, -0.2) is 0 Å². The van der Waals surface area contributed by atoms with Crippen LogP contribution >= 0.6 is 0 Å². The number of benzene rings is 1. The summed E-state index contributed by atoms with van der Waals surface area (Å²) in [6, 6.07) is 5.34. The van der Waals surface area contributed by atoms with E-state index in [0.717, 1.165) is 16.9 Å². The maximum absolute atomic E-state index is 11.7. The second kappa shape index (κ2) is 4.01. The van der Waals surface area contributed by atoms with Gasteiger partial charge >= 0.3 is 0 Å². The molecule has 1 aliphatic heterocycles. The molecule has 92 valence electrons. The molecule has 0 bridgehead atoms. The number of anilines is 2. The second-order valence-corrected chi connectivity index (χ2v) is 4.76. The van der Waals surface area contributed by atoms with Gasteiger partial charge in [-0.2, -0.15) is 0 Å². The summed E-state index contributed by atoms with van der Waals surface area (Å²) in [5.74, 6) is -0.0721. The molecule has 5 nitrogen and oxygen atoms in total. The minimum Gasteiger partial charge on any atom is -0.387 e. The molecule has 0 fully saturated rings. The van der Waals surface area contributed by atoms with E-state index in [2.05, 4.69) is 10.6 Å². The van der Waals surface area contributed by atoms with Crippen molar-refractivity contribution in [2.24, 2.45) is 5.73 Å². The molecule has 0 aliphatic carbocycles. The summed E-state index contributed by atoms with van der Waals surface area (Å²) in [5.41, 5.74) is 7.03. The van der Waals surface area contributed by atoms with E-state index in [0.29, 0.717) is 0 Å². The lowest BCUT2D eigenvalue weighted by atomic mass is 9.98. The van der Waals surface area contributed by atoms with E-state index in [-0.39, 0.29) is 12.5 Å². The summed E-state index contributed by atoms with van der Waals surface area (Å²) in [5, 5.41) is 15.6. The molecule has 5 N–H and O–H groups in total. The maximum atomic E-state index is 11.7. The number of carbonyl (C=O) groups is 1. The fraction of sp³-hybridized carbons (Fsp3) is 0.417. The number of aliphatic hydroxyl groups is 1. The van der Waals surface area contributed by atoms with E-state index in [9.17, 15) is 9.90 Å². The predicted octanol–water partition coefficient (Wildman–Crippen LogP) is 0.821. The highest BCUT2D eigenvalue weighted by atomic mass is 16.3. The van der Waals surface area contributed by atoms with Gasteiger partial charge in [-0.05, 0) is 31.5 Å². The second-order valence-electron chi connectivity index (χ2n) is 4.76. The number of nitrogens with one attached hydrogen (secondary N) is 2. The van der Waals surface area contributed by atoms with E-state index in [4.69, 9.17) is 5.73 Å². The Hall–Kier alpha value is -1.59. The lowest BCUT2D eigenvalue weighted by molar-refractivity contribution is -0.119. The summed E-state index contributed by atoms with van der Waals surface area (Å²) >= 11 is 0. The van der Waals surface area contributed by atoms with E-state index < -0.39 is 11.6 Å². The normalized spacial score (nSPS) is 18.9. The molecule has 0 spiro atoms. The molecule has 1 aliphatic rings. The van der Waals surface area contributed by atoms with Crippen LogP contribution in [0.25, 0.3) is 0 Å². The van der Waals surface area contributed by atoms with Crippen molar-refractivity contribution >= 4 is 17.3 Å². The van der Waals surface area contributed by atoms with Crippen LogP contribution in [-0.4, -0.2) is 23.1 Å². The minimum atomic E-state index is -0.678.